The highest BCUT2D eigenvalue weighted by Gasteiger charge is 2.28. The summed E-state index contributed by atoms with van der Waals surface area (Å²) in [6.45, 7) is 19.6. The first-order valence-corrected chi connectivity index (χ1v) is 15.7. The van der Waals surface area contributed by atoms with Crippen molar-refractivity contribution >= 4 is 35.1 Å². The molecule has 0 amide bonds. The third kappa shape index (κ3) is 14.7. The van der Waals surface area contributed by atoms with E-state index in [1.165, 1.54) is 11.1 Å². The van der Waals surface area contributed by atoms with Gasteiger partial charge in [0.25, 0.3) is 0 Å². The Morgan fingerprint density at radius 1 is 0.650 bits per heavy atom. The molecule has 0 aliphatic heterocycles. The van der Waals surface area contributed by atoms with E-state index in [2.05, 4.69) is 49.6 Å². The average molecular weight is 577 g/mol. The number of ketones is 2. The Bertz CT molecular complexity index is 1030. The van der Waals surface area contributed by atoms with Crippen LogP contribution in [0.25, 0.3) is 0 Å². The highest BCUT2D eigenvalue weighted by Crippen LogP contribution is 2.35. The van der Waals surface area contributed by atoms with Crippen LogP contribution in [0.15, 0.2) is 119 Å². The van der Waals surface area contributed by atoms with Crippen molar-refractivity contribution in [3.63, 3.8) is 0 Å². The van der Waals surface area contributed by atoms with Crippen molar-refractivity contribution in [2.24, 2.45) is 0 Å². The minimum Gasteiger partial charge on any atom is -0.298 e. The van der Waals surface area contributed by atoms with Crippen LogP contribution in [0, 0.1) is 0 Å². The van der Waals surface area contributed by atoms with Crippen LogP contribution in [0.3, 0.4) is 0 Å². The highest BCUT2D eigenvalue weighted by molar-refractivity contribution is 8.01. The molecule has 0 bridgehead atoms. The van der Waals surface area contributed by atoms with Crippen LogP contribution in [-0.4, -0.2) is 21.1 Å². The van der Waals surface area contributed by atoms with Gasteiger partial charge in [-0.25, -0.2) is 0 Å². The predicted octanol–water partition coefficient (Wildman–Crippen LogP) is 10.9. The molecule has 40 heavy (non-hydrogen) atoms. The molecular weight excluding hydrogens is 529 g/mol. The maximum atomic E-state index is 12.3. The molecule has 0 spiro atoms. The third-order valence-electron chi connectivity index (χ3n) is 6.37. The second-order valence-corrected chi connectivity index (χ2v) is 14.2. The average Bonchev–Trinajstić information content (AvgIpc) is 2.93. The van der Waals surface area contributed by atoms with E-state index >= 15 is 0 Å². The molecule has 4 heteroatoms. The van der Waals surface area contributed by atoms with Crippen molar-refractivity contribution < 1.29 is 9.59 Å². The van der Waals surface area contributed by atoms with Gasteiger partial charge in [0.2, 0.25) is 0 Å². The Hall–Kier alpha value is -2.56. The van der Waals surface area contributed by atoms with E-state index < -0.39 is 0 Å². The maximum Gasteiger partial charge on any atom is 0.148 e. The fraction of sp³-hybridized carbons (Fsp3) is 0.389. The molecule has 0 aliphatic rings. The molecule has 2 aromatic carbocycles. The van der Waals surface area contributed by atoms with Crippen LogP contribution in [0.5, 0.6) is 0 Å². The first-order chi connectivity index (χ1) is 18.9. The molecule has 0 aromatic heterocycles. The van der Waals surface area contributed by atoms with Crippen molar-refractivity contribution in [2.45, 2.75) is 99.4 Å². The summed E-state index contributed by atoms with van der Waals surface area (Å²) in [6, 6.07) is 20.2. The lowest BCUT2D eigenvalue weighted by Crippen LogP contribution is -2.27. The van der Waals surface area contributed by atoms with E-state index in [9.17, 15) is 9.59 Å². The number of unbranched alkanes of at least 4 members (excludes halogenated alkanes) is 2. The summed E-state index contributed by atoms with van der Waals surface area (Å²) in [4.78, 5) is 26.9. The van der Waals surface area contributed by atoms with Crippen molar-refractivity contribution in [3.05, 3.63) is 109 Å². The zero-order valence-electron chi connectivity index (χ0n) is 25.4. The smallest absolute Gasteiger partial charge is 0.148 e. The van der Waals surface area contributed by atoms with Gasteiger partial charge in [0.05, 0.1) is 9.49 Å². The van der Waals surface area contributed by atoms with Gasteiger partial charge in [-0.15, -0.1) is 23.5 Å². The lowest BCUT2D eigenvalue weighted by Gasteiger charge is -2.22. The van der Waals surface area contributed by atoms with E-state index in [4.69, 9.17) is 0 Å². The van der Waals surface area contributed by atoms with Gasteiger partial charge in [0, 0.05) is 22.6 Å². The molecule has 0 atom stereocenters. The van der Waals surface area contributed by atoms with Gasteiger partial charge in [-0.2, -0.15) is 0 Å². The highest BCUT2D eigenvalue weighted by atomic mass is 32.2. The number of benzene rings is 2. The fourth-order valence-electron chi connectivity index (χ4n) is 3.63. The summed E-state index contributed by atoms with van der Waals surface area (Å²) in [6.07, 6.45) is 12.9. The number of hydrogen-bond acceptors (Lipinski definition) is 4. The molecule has 2 nitrogen and oxygen atoms in total. The minimum atomic E-state index is -0.363. The van der Waals surface area contributed by atoms with Gasteiger partial charge < -0.3 is 0 Å². The van der Waals surface area contributed by atoms with E-state index in [1.807, 2.05) is 90.1 Å². The number of carbonyl (C=O) groups excluding carboxylic acids is 2. The second-order valence-electron chi connectivity index (χ2n) is 10.8. The quantitative estimate of drug-likeness (QED) is 0.113. The predicted molar refractivity (Wildman–Crippen MR) is 178 cm³/mol. The van der Waals surface area contributed by atoms with Crippen molar-refractivity contribution in [2.75, 3.05) is 0 Å². The second kappa shape index (κ2) is 18.7. The maximum absolute atomic E-state index is 12.3. The Morgan fingerprint density at radius 2 is 0.975 bits per heavy atom. The topological polar surface area (TPSA) is 34.1 Å². The van der Waals surface area contributed by atoms with Crippen LogP contribution in [0.2, 0.25) is 0 Å². The summed E-state index contributed by atoms with van der Waals surface area (Å²) in [5.74, 6) is 0.631. The Balaban J connectivity index is 0.000000400. The monoisotopic (exact) mass is 576 g/mol. The normalized spacial score (nSPS) is 12.2. The molecule has 216 valence electrons. The molecule has 0 fully saturated rings. The van der Waals surface area contributed by atoms with Gasteiger partial charge in [0.15, 0.2) is 0 Å². The Morgan fingerprint density at radius 3 is 1.27 bits per heavy atom. The third-order valence-corrected chi connectivity index (χ3v) is 8.86. The Kier molecular flexibility index (Phi) is 16.6. The van der Waals surface area contributed by atoms with Crippen LogP contribution >= 0.6 is 23.5 Å². The molecule has 0 heterocycles. The van der Waals surface area contributed by atoms with Crippen LogP contribution in [-0.2, 0) is 9.59 Å². The van der Waals surface area contributed by atoms with Crippen molar-refractivity contribution in [1.29, 1.82) is 0 Å². The standard InChI is InChI=1S/2C18H24OS/c2*1-5-15(2)11-9-10-14-17(19)18(3,4)20-16-12-7-6-8-13-16/h2*5-8,11-13H,1,9-10,14H2,2-4H3/b15-11+;15-11-. The van der Waals surface area contributed by atoms with Crippen molar-refractivity contribution in [3.8, 4) is 0 Å². The van der Waals surface area contributed by atoms with Gasteiger partial charge in [-0.3, -0.25) is 9.59 Å². The number of rotatable bonds is 16. The molecule has 0 unspecified atom stereocenters. The molecule has 2 aromatic rings. The van der Waals surface area contributed by atoms with Gasteiger partial charge in [0.1, 0.15) is 11.6 Å². The fourth-order valence-corrected chi connectivity index (χ4v) is 5.83. The molecule has 0 N–H and O–H groups in total. The molecular formula is C36H48O2S2. The minimum absolute atomic E-state index is 0.316. The number of carbonyl (C=O) groups is 2. The van der Waals surface area contributed by atoms with E-state index in [0.29, 0.717) is 24.4 Å². The molecule has 0 saturated heterocycles. The number of hydrogen-bond donors (Lipinski definition) is 0. The zero-order valence-corrected chi connectivity index (χ0v) is 27.0. The van der Waals surface area contributed by atoms with E-state index in [0.717, 1.165) is 35.5 Å². The number of allylic oxidation sites excluding steroid dienone is 6. The molecule has 0 radical (unpaired) electrons. The molecule has 2 rings (SSSR count). The summed E-state index contributed by atoms with van der Waals surface area (Å²) < 4.78 is -0.725. The van der Waals surface area contributed by atoms with Gasteiger partial charge in [-0.05, 0) is 91.5 Å². The molecule has 0 saturated carbocycles. The van der Waals surface area contributed by atoms with Crippen LogP contribution < -0.4 is 0 Å². The first-order valence-electron chi connectivity index (χ1n) is 14.0. The lowest BCUT2D eigenvalue weighted by molar-refractivity contribution is -0.121. The number of Topliss-reactive ketones (excluding diaryl/α,β-unsaturated/α-hetero) is 2. The SMILES string of the molecule is C=C/C(C)=C/CCCC(=O)C(C)(C)Sc1ccccc1.C=C/C(C)=C\CCCC(=O)C(C)(C)Sc1ccccc1. The van der Waals surface area contributed by atoms with E-state index in [1.54, 1.807) is 23.5 Å². The largest absolute Gasteiger partial charge is 0.298 e. The van der Waals surface area contributed by atoms with Crippen LogP contribution in [0.1, 0.15) is 80.1 Å². The Labute approximate surface area is 252 Å². The lowest BCUT2D eigenvalue weighted by atomic mass is 10.0. The first kappa shape index (κ1) is 35.5. The summed E-state index contributed by atoms with van der Waals surface area (Å²) in [7, 11) is 0. The summed E-state index contributed by atoms with van der Waals surface area (Å²) >= 11 is 3.28. The zero-order chi connectivity index (χ0) is 30.0. The van der Waals surface area contributed by atoms with Gasteiger partial charge in [-0.1, -0.05) is 85.0 Å². The molecule has 0 aliphatic carbocycles. The van der Waals surface area contributed by atoms with Crippen molar-refractivity contribution in [1.82, 2.24) is 0 Å². The van der Waals surface area contributed by atoms with Crippen LogP contribution in [0.4, 0.5) is 0 Å². The van der Waals surface area contributed by atoms with E-state index in [-0.39, 0.29) is 9.49 Å². The summed E-state index contributed by atoms with van der Waals surface area (Å²) in [5.41, 5.74) is 2.35. The van der Waals surface area contributed by atoms with Gasteiger partial charge >= 0.3 is 0 Å². The number of thioether (sulfide) groups is 2. The summed E-state index contributed by atoms with van der Waals surface area (Å²) in [5, 5.41) is 0.